The summed E-state index contributed by atoms with van der Waals surface area (Å²) in [7, 11) is 1.76. The third-order valence-corrected chi connectivity index (χ3v) is 5.59. The lowest BCUT2D eigenvalue weighted by atomic mass is 9.85. The van der Waals surface area contributed by atoms with Crippen LogP contribution in [0.25, 0.3) is 0 Å². The third-order valence-electron chi connectivity index (χ3n) is 4.56. The van der Waals surface area contributed by atoms with Gasteiger partial charge in [-0.1, -0.05) is 33.6 Å². The Labute approximate surface area is 127 Å². The van der Waals surface area contributed by atoms with Gasteiger partial charge in [-0.25, -0.2) is 4.98 Å². The fraction of sp³-hybridized carbons (Fsp3) is 0.812. The highest BCUT2D eigenvalue weighted by Gasteiger charge is 2.45. The number of nitrogens with zero attached hydrogens (tertiary/aromatic N) is 1. The molecule has 20 heavy (non-hydrogen) atoms. The molecule has 114 valence electrons. The van der Waals surface area contributed by atoms with Crippen molar-refractivity contribution in [1.82, 2.24) is 10.3 Å². The molecule has 1 aliphatic rings. The maximum absolute atomic E-state index is 5.22. The summed E-state index contributed by atoms with van der Waals surface area (Å²) in [6, 6.07) is 0. The summed E-state index contributed by atoms with van der Waals surface area (Å²) in [6.07, 6.45) is 5.04. The highest BCUT2D eigenvalue weighted by atomic mass is 32.1. The second-order valence-corrected chi connectivity index (χ2v) is 6.98. The van der Waals surface area contributed by atoms with Gasteiger partial charge in [-0.2, -0.15) is 0 Å². The third kappa shape index (κ3) is 3.07. The van der Waals surface area contributed by atoms with E-state index in [0.717, 1.165) is 13.2 Å². The average Bonchev–Trinajstić information content (AvgIpc) is 3.06. The van der Waals surface area contributed by atoms with E-state index in [-0.39, 0.29) is 5.54 Å². The van der Waals surface area contributed by atoms with Gasteiger partial charge in [-0.05, 0) is 24.7 Å². The molecule has 1 heterocycles. The van der Waals surface area contributed by atoms with Crippen LogP contribution >= 0.6 is 11.3 Å². The van der Waals surface area contributed by atoms with E-state index in [9.17, 15) is 0 Å². The Balaban J connectivity index is 2.25. The van der Waals surface area contributed by atoms with Gasteiger partial charge in [0.25, 0.3) is 0 Å². The van der Waals surface area contributed by atoms with Crippen LogP contribution < -0.4 is 5.32 Å². The molecule has 2 atom stereocenters. The van der Waals surface area contributed by atoms with E-state index in [0.29, 0.717) is 11.8 Å². The van der Waals surface area contributed by atoms with E-state index in [1.807, 2.05) is 11.3 Å². The molecule has 0 spiro atoms. The van der Waals surface area contributed by atoms with Crippen molar-refractivity contribution in [3.63, 3.8) is 0 Å². The van der Waals surface area contributed by atoms with Crippen molar-refractivity contribution in [3.8, 4) is 0 Å². The van der Waals surface area contributed by atoms with Gasteiger partial charge in [0.1, 0.15) is 5.01 Å². The molecule has 2 unspecified atom stereocenters. The van der Waals surface area contributed by atoms with Crippen LogP contribution in [-0.4, -0.2) is 25.2 Å². The lowest BCUT2D eigenvalue weighted by Gasteiger charge is -2.34. The van der Waals surface area contributed by atoms with E-state index in [4.69, 9.17) is 9.72 Å². The molecule has 0 amide bonds. The molecule has 0 saturated heterocycles. The van der Waals surface area contributed by atoms with Gasteiger partial charge in [-0.15, -0.1) is 11.3 Å². The van der Waals surface area contributed by atoms with Crippen molar-refractivity contribution in [2.75, 3.05) is 20.3 Å². The standard InChI is InChI=1S/C16H28N2OS/c1-5-13-7-6-8-16(13,17-9-10-19-4)15-18-14(11-20-15)12(2)3/h11-13,17H,5-10H2,1-4H3. The molecule has 1 saturated carbocycles. The quantitative estimate of drug-likeness (QED) is 0.775. The van der Waals surface area contributed by atoms with E-state index >= 15 is 0 Å². The number of methoxy groups -OCH3 is 1. The van der Waals surface area contributed by atoms with E-state index in [1.165, 1.54) is 36.4 Å². The van der Waals surface area contributed by atoms with Crippen molar-refractivity contribution in [2.45, 2.75) is 57.9 Å². The average molecular weight is 296 g/mol. The summed E-state index contributed by atoms with van der Waals surface area (Å²) in [6.45, 7) is 8.41. The molecule has 1 fully saturated rings. The molecule has 2 rings (SSSR count). The number of nitrogens with one attached hydrogen (secondary N) is 1. The minimum Gasteiger partial charge on any atom is -0.383 e. The van der Waals surface area contributed by atoms with Gasteiger partial charge in [0.15, 0.2) is 0 Å². The first-order chi connectivity index (χ1) is 9.64. The van der Waals surface area contributed by atoms with Crippen molar-refractivity contribution >= 4 is 11.3 Å². The molecule has 3 nitrogen and oxygen atoms in total. The van der Waals surface area contributed by atoms with Crippen LogP contribution in [0.4, 0.5) is 0 Å². The number of thiazole rings is 1. The number of rotatable bonds is 7. The molecule has 1 aliphatic carbocycles. The predicted octanol–water partition coefficient (Wildman–Crippen LogP) is 3.91. The fourth-order valence-electron chi connectivity index (χ4n) is 3.35. The maximum Gasteiger partial charge on any atom is 0.113 e. The van der Waals surface area contributed by atoms with Gasteiger partial charge in [-0.3, -0.25) is 0 Å². The van der Waals surface area contributed by atoms with Crippen LogP contribution in [0.1, 0.15) is 63.1 Å². The van der Waals surface area contributed by atoms with Crippen LogP contribution in [0.5, 0.6) is 0 Å². The van der Waals surface area contributed by atoms with Crippen LogP contribution in [-0.2, 0) is 10.3 Å². The fourth-order valence-corrected chi connectivity index (χ4v) is 4.62. The molecule has 4 heteroatoms. The number of hydrogen-bond acceptors (Lipinski definition) is 4. The number of hydrogen-bond donors (Lipinski definition) is 1. The molecule has 1 N–H and O–H groups in total. The molecule has 0 radical (unpaired) electrons. The summed E-state index contributed by atoms with van der Waals surface area (Å²) >= 11 is 1.84. The van der Waals surface area contributed by atoms with E-state index in [1.54, 1.807) is 7.11 Å². The summed E-state index contributed by atoms with van der Waals surface area (Å²) in [5, 5.41) is 7.32. The zero-order chi connectivity index (χ0) is 14.6. The highest BCUT2D eigenvalue weighted by molar-refractivity contribution is 7.09. The Kier molecular flexibility index (Phi) is 5.58. The largest absolute Gasteiger partial charge is 0.383 e. The van der Waals surface area contributed by atoms with Crippen LogP contribution in [0.3, 0.4) is 0 Å². The van der Waals surface area contributed by atoms with Gasteiger partial charge in [0.05, 0.1) is 17.8 Å². The lowest BCUT2D eigenvalue weighted by molar-refractivity contribution is 0.167. The molecule has 1 aromatic heterocycles. The number of ether oxygens (including phenoxy) is 1. The summed E-state index contributed by atoms with van der Waals surface area (Å²) in [5.41, 5.74) is 1.32. The Morgan fingerprint density at radius 1 is 1.55 bits per heavy atom. The van der Waals surface area contributed by atoms with E-state index < -0.39 is 0 Å². The first-order valence-corrected chi connectivity index (χ1v) is 8.72. The first-order valence-electron chi connectivity index (χ1n) is 7.84. The van der Waals surface area contributed by atoms with Crippen molar-refractivity contribution in [3.05, 3.63) is 16.1 Å². The second kappa shape index (κ2) is 7.01. The smallest absolute Gasteiger partial charge is 0.113 e. The summed E-state index contributed by atoms with van der Waals surface area (Å²) < 4.78 is 5.22. The van der Waals surface area contributed by atoms with Crippen LogP contribution in [0.2, 0.25) is 0 Å². The zero-order valence-electron chi connectivity index (χ0n) is 13.2. The SMILES string of the molecule is CCC1CCCC1(NCCOC)c1nc(C(C)C)cs1. The topological polar surface area (TPSA) is 34.1 Å². The Hall–Kier alpha value is -0.450. The first kappa shape index (κ1) is 15.9. The monoisotopic (exact) mass is 296 g/mol. The Bertz CT molecular complexity index is 418. The highest BCUT2D eigenvalue weighted by Crippen LogP contribution is 2.46. The lowest BCUT2D eigenvalue weighted by Crippen LogP contribution is -2.46. The minimum absolute atomic E-state index is 0.0884. The molecule has 0 aliphatic heterocycles. The molecule has 0 bridgehead atoms. The summed E-state index contributed by atoms with van der Waals surface area (Å²) in [5.74, 6) is 1.21. The van der Waals surface area contributed by atoms with Crippen molar-refractivity contribution in [2.24, 2.45) is 5.92 Å². The summed E-state index contributed by atoms with van der Waals surface area (Å²) in [4.78, 5) is 4.96. The Morgan fingerprint density at radius 2 is 2.35 bits per heavy atom. The van der Waals surface area contributed by atoms with Crippen LogP contribution in [0, 0.1) is 5.92 Å². The number of aromatic nitrogens is 1. The second-order valence-electron chi connectivity index (χ2n) is 6.12. The Morgan fingerprint density at radius 3 is 2.95 bits per heavy atom. The van der Waals surface area contributed by atoms with E-state index in [2.05, 4.69) is 31.5 Å². The molecule has 0 aromatic carbocycles. The molecular weight excluding hydrogens is 268 g/mol. The van der Waals surface area contributed by atoms with Crippen molar-refractivity contribution < 1.29 is 4.74 Å². The van der Waals surface area contributed by atoms with Crippen molar-refractivity contribution in [1.29, 1.82) is 0 Å². The van der Waals surface area contributed by atoms with Gasteiger partial charge < -0.3 is 10.1 Å². The van der Waals surface area contributed by atoms with Crippen LogP contribution in [0.15, 0.2) is 5.38 Å². The minimum atomic E-state index is 0.0884. The normalized spacial score (nSPS) is 26.6. The van der Waals surface area contributed by atoms with Gasteiger partial charge >= 0.3 is 0 Å². The zero-order valence-corrected chi connectivity index (χ0v) is 14.1. The van der Waals surface area contributed by atoms with Gasteiger partial charge in [0, 0.05) is 19.0 Å². The molecular formula is C16H28N2OS. The maximum atomic E-state index is 5.22. The molecule has 1 aromatic rings. The van der Waals surface area contributed by atoms with Gasteiger partial charge in [0.2, 0.25) is 0 Å². The predicted molar refractivity (Wildman–Crippen MR) is 85.4 cm³/mol.